The second-order valence-electron chi connectivity index (χ2n) is 6.19. The van der Waals surface area contributed by atoms with Crippen molar-refractivity contribution >= 4 is 0 Å². The molecule has 0 spiro atoms. The molecular weight excluding hydrogens is 224 g/mol. The standard InChI is InChI=1S/C13H21F2NO/c1-12(2,3)17-9-13-5-4-6-16(13)8-10(7-13)11(14)15/h4-9H2,1-3H3. The Morgan fingerprint density at radius 2 is 2.12 bits per heavy atom. The summed E-state index contributed by atoms with van der Waals surface area (Å²) in [4.78, 5) is 2.17. The van der Waals surface area contributed by atoms with Gasteiger partial charge in [0.15, 0.2) is 0 Å². The van der Waals surface area contributed by atoms with Gasteiger partial charge in [0.25, 0.3) is 6.08 Å². The molecule has 2 saturated heterocycles. The number of halogens is 2. The maximum Gasteiger partial charge on any atom is 0.270 e. The van der Waals surface area contributed by atoms with Gasteiger partial charge in [-0.25, -0.2) is 0 Å². The van der Waals surface area contributed by atoms with Gasteiger partial charge in [0.2, 0.25) is 0 Å². The molecule has 4 heteroatoms. The zero-order valence-electron chi connectivity index (χ0n) is 10.9. The highest BCUT2D eigenvalue weighted by Gasteiger charge is 2.48. The van der Waals surface area contributed by atoms with Crippen molar-refractivity contribution < 1.29 is 13.5 Å². The second-order valence-corrected chi connectivity index (χ2v) is 6.19. The summed E-state index contributed by atoms with van der Waals surface area (Å²) in [5, 5.41) is 0. The third kappa shape index (κ3) is 2.68. The topological polar surface area (TPSA) is 12.5 Å². The van der Waals surface area contributed by atoms with Crippen LogP contribution in [0.5, 0.6) is 0 Å². The molecule has 2 fully saturated rings. The van der Waals surface area contributed by atoms with E-state index in [1.807, 2.05) is 20.8 Å². The van der Waals surface area contributed by atoms with Gasteiger partial charge in [0.1, 0.15) is 0 Å². The number of hydrogen-bond acceptors (Lipinski definition) is 2. The first-order chi connectivity index (χ1) is 7.82. The van der Waals surface area contributed by atoms with Gasteiger partial charge < -0.3 is 4.74 Å². The van der Waals surface area contributed by atoms with Crippen molar-refractivity contribution in [3.05, 3.63) is 11.7 Å². The Hall–Kier alpha value is -0.480. The van der Waals surface area contributed by atoms with Crippen LogP contribution >= 0.6 is 0 Å². The molecule has 98 valence electrons. The Morgan fingerprint density at radius 1 is 1.41 bits per heavy atom. The normalized spacial score (nSPS) is 29.8. The monoisotopic (exact) mass is 245 g/mol. The van der Waals surface area contributed by atoms with Gasteiger partial charge in [-0.15, -0.1) is 0 Å². The van der Waals surface area contributed by atoms with E-state index < -0.39 is 6.08 Å². The number of rotatable bonds is 2. The van der Waals surface area contributed by atoms with Crippen molar-refractivity contribution in [2.24, 2.45) is 0 Å². The molecule has 2 rings (SSSR count). The van der Waals surface area contributed by atoms with Crippen molar-refractivity contribution in [1.82, 2.24) is 4.90 Å². The van der Waals surface area contributed by atoms with Crippen LogP contribution in [-0.4, -0.2) is 35.7 Å². The molecule has 2 aliphatic rings. The molecule has 2 heterocycles. The Labute approximate surface area is 102 Å². The lowest BCUT2D eigenvalue weighted by Gasteiger charge is -2.34. The van der Waals surface area contributed by atoms with E-state index >= 15 is 0 Å². The number of ether oxygens (including phenoxy) is 1. The Kier molecular flexibility index (Phi) is 3.29. The second kappa shape index (κ2) is 4.32. The summed E-state index contributed by atoms with van der Waals surface area (Å²) in [5.41, 5.74) is -0.0577. The molecule has 17 heavy (non-hydrogen) atoms. The minimum atomic E-state index is -1.49. The maximum atomic E-state index is 12.7. The Morgan fingerprint density at radius 3 is 2.71 bits per heavy atom. The third-order valence-electron chi connectivity index (χ3n) is 3.71. The van der Waals surface area contributed by atoms with Crippen molar-refractivity contribution in [3.8, 4) is 0 Å². The molecule has 2 aliphatic heterocycles. The van der Waals surface area contributed by atoms with Crippen molar-refractivity contribution in [2.75, 3.05) is 19.7 Å². The van der Waals surface area contributed by atoms with E-state index in [9.17, 15) is 8.78 Å². The summed E-state index contributed by atoms with van der Waals surface area (Å²) < 4.78 is 31.2. The van der Waals surface area contributed by atoms with Crippen LogP contribution in [0.1, 0.15) is 40.0 Å². The minimum Gasteiger partial charge on any atom is -0.374 e. The largest absolute Gasteiger partial charge is 0.374 e. The third-order valence-corrected chi connectivity index (χ3v) is 3.71. The van der Waals surface area contributed by atoms with Crippen LogP contribution in [-0.2, 0) is 4.74 Å². The zero-order valence-corrected chi connectivity index (χ0v) is 10.9. The van der Waals surface area contributed by atoms with Gasteiger partial charge in [0.05, 0.1) is 12.2 Å². The van der Waals surface area contributed by atoms with Gasteiger partial charge in [-0.1, -0.05) is 0 Å². The zero-order chi connectivity index (χ0) is 12.7. The molecule has 0 radical (unpaired) electrons. The molecule has 0 aromatic rings. The first kappa shape index (κ1) is 13.0. The van der Waals surface area contributed by atoms with E-state index in [0.29, 0.717) is 25.1 Å². The summed E-state index contributed by atoms with van der Waals surface area (Å²) in [5.74, 6) is 0. The number of hydrogen-bond donors (Lipinski definition) is 0. The highest BCUT2D eigenvalue weighted by molar-refractivity contribution is 5.21. The van der Waals surface area contributed by atoms with Gasteiger partial charge in [-0.2, -0.15) is 8.78 Å². The van der Waals surface area contributed by atoms with Crippen LogP contribution in [0.4, 0.5) is 8.78 Å². The lowest BCUT2D eigenvalue weighted by molar-refractivity contribution is -0.0520. The van der Waals surface area contributed by atoms with E-state index in [0.717, 1.165) is 19.4 Å². The van der Waals surface area contributed by atoms with E-state index in [-0.39, 0.29) is 11.1 Å². The average molecular weight is 245 g/mol. The van der Waals surface area contributed by atoms with Crippen LogP contribution in [0.3, 0.4) is 0 Å². The fraction of sp³-hybridized carbons (Fsp3) is 0.846. The van der Waals surface area contributed by atoms with Gasteiger partial charge in [-0.05, 0) is 46.6 Å². The first-order valence-electron chi connectivity index (χ1n) is 6.24. The summed E-state index contributed by atoms with van der Waals surface area (Å²) >= 11 is 0. The van der Waals surface area contributed by atoms with Gasteiger partial charge in [-0.3, -0.25) is 4.90 Å². The van der Waals surface area contributed by atoms with Gasteiger partial charge >= 0.3 is 0 Å². The molecule has 1 unspecified atom stereocenters. The molecule has 0 saturated carbocycles. The summed E-state index contributed by atoms with van der Waals surface area (Å²) in [6, 6.07) is 0. The van der Waals surface area contributed by atoms with E-state index in [1.54, 1.807) is 0 Å². The van der Waals surface area contributed by atoms with Crippen molar-refractivity contribution in [3.63, 3.8) is 0 Å². The predicted molar refractivity (Wildman–Crippen MR) is 63.1 cm³/mol. The molecule has 0 bridgehead atoms. The summed E-state index contributed by atoms with van der Waals surface area (Å²) in [6.07, 6.45) is 1.05. The fourth-order valence-corrected chi connectivity index (χ4v) is 2.82. The lowest BCUT2D eigenvalue weighted by atomic mass is 9.93. The predicted octanol–water partition coefficient (Wildman–Crippen LogP) is 3.19. The lowest BCUT2D eigenvalue weighted by Crippen LogP contribution is -2.44. The van der Waals surface area contributed by atoms with Crippen molar-refractivity contribution in [1.29, 1.82) is 0 Å². The van der Waals surface area contributed by atoms with Crippen molar-refractivity contribution in [2.45, 2.75) is 51.2 Å². The highest BCUT2D eigenvalue weighted by atomic mass is 19.3. The summed E-state index contributed by atoms with van der Waals surface area (Å²) in [6.45, 7) is 7.92. The molecule has 0 amide bonds. The smallest absolute Gasteiger partial charge is 0.270 e. The SMILES string of the molecule is CC(C)(C)OCC12CCCN1CC(=C(F)F)C2. The molecule has 0 N–H and O–H groups in total. The van der Waals surface area contributed by atoms with E-state index in [2.05, 4.69) is 4.90 Å². The maximum absolute atomic E-state index is 12.7. The number of fused-ring (bicyclic) bond motifs is 1. The summed E-state index contributed by atoms with van der Waals surface area (Å²) in [7, 11) is 0. The number of nitrogens with zero attached hydrogens (tertiary/aromatic N) is 1. The Bertz CT molecular complexity index is 331. The molecule has 0 aliphatic carbocycles. The van der Waals surface area contributed by atoms with Crippen LogP contribution < -0.4 is 0 Å². The van der Waals surface area contributed by atoms with Crippen LogP contribution in [0.25, 0.3) is 0 Å². The molecule has 2 nitrogen and oxygen atoms in total. The van der Waals surface area contributed by atoms with Crippen LogP contribution in [0.15, 0.2) is 11.7 Å². The minimum absolute atomic E-state index is 0.161. The van der Waals surface area contributed by atoms with Crippen LogP contribution in [0.2, 0.25) is 0 Å². The highest BCUT2D eigenvalue weighted by Crippen LogP contribution is 2.43. The Balaban J connectivity index is 2.09. The van der Waals surface area contributed by atoms with Gasteiger partial charge in [0, 0.05) is 17.7 Å². The van der Waals surface area contributed by atoms with Crippen LogP contribution in [0, 0.1) is 0 Å². The molecule has 0 aromatic carbocycles. The average Bonchev–Trinajstić information content (AvgIpc) is 2.69. The molecule has 0 aromatic heterocycles. The quantitative estimate of drug-likeness (QED) is 0.740. The molecular formula is C13H21F2NO. The molecule has 1 atom stereocenters. The first-order valence-corrected chi connectivity index (χ1v) is 6.24. The van der Waals surface area contributed by atoms with E-state index in [4.69, 9.17) is 4.74 Å². The fourth-order valence-electron chi connectivity index (χ4n) is 2.82. The van der Waals surface area contributed by atoms with E-state index in [1.165, 1.54) is 0 Å².